The summed E-state index contributed by atoms with van der Waals surface area (Å²) in [5.41, 5.74) is 7.24. The van der Waals surface area contributed by atoms with Gasteiger partial charge in [0.1, 0.15) is 0 Å². The molecule has 0 saturated heterocycles. The van der Waals surface area contributed by atoms with E-state index in [0.29, 0.717) is 17.8 Å². The molecule has 1 aromatic carbocycles. The maximum Gasteiger partial charge on any atom is 0.251 e. The number of hydrogen-bond acceptors (Lipinski definition) is 3. The molecule has 0 radical (unpaired) electrons. The molecule has 0 atom stereocenters. The van der Waals surface area contributed by atoms with Gasteiger partial charge in [-0.05, 0) is 25.1 Å². The number of hydrogen-bond donors (Lipinski definition) is 2. The maximum atomic E-state index is 11.6. The Morgan fingerprint density at radius 3 is 2.53 bits per heavy atom. The van der Waals surface area contributed by atoms with Gasteiger partial charge in [0.15, 0.2) is 0 Å². The van der Waals surface area contributed by atoms with Crippen LogP contribution in [0.5, 0.6) is 0 Å². The Kier molecular flexibility index (Phi) is 4.46. The fraction of sp³-hybridized carbons (Fsp3) is 0.462. The van der Waals surface area contributed by atoms with Crippen LogP contribution in [0.25, 0.3) is 0 Å². The first kappa shape index (κ1) is 13.9. The minimum absolute atomic E-state index is 0.0773. The minimum atomic E-state index is -0.0773. The zero-order valence-corrected chi connectivity index (χ0v) is 11.6. The van der Waals surface area contributed by atoms with Gasteiger partial charge >= 0.3 is 0 Å². The van der Waals surface area contributed by atoms with Crippen molar-refractivity contribution in [3.8, 4) is 0 Å². The largest absolute Gasteiger partial charge is 0.398 e. The molecule has 0 aromatic heterocycles. The number of nitrogens with two attached hydrogens (primary N) is 1. The molecule has 0 aliphatic heterocycles. The monoisotopic (exact) mass is 252 g/mol. The molecule has 4 heteroatoms. The molecule has 0 heterocycles. The van der Waals surface area contributed by atoms with E-state index in [-0.39, 0.29) is 10.7 Å². The van der Waals surface area contributed by atoms with Crippen molar-refractivity contribution in [2.24, 2.45) is 0 Å². The van der Waals surface area contributed by atoms with Crippen molar-refractivity contribution in [2.45, 2.75) is 37.3 Å². The lowest BCUT2D eigenvalue weighted by Crippen LogP contribution is -2.22. The molecule has 3 nitrogen and oxygen atoms in total. The normalized spacial score (nSPS) is 11.3. The summed E-state index contributed by atoms with van der Waals surface area (Å²) in [6.07, 6.45) is 0. The molecule has 0 saturated carbocycles. The van der Waals surface area contributed by atoms with Crippen LogP contribution >= 0.6 is 11.8 Å². The Labute approximate surface area is 107 Å². The van der Waals surface area contributed by atoms with Gasteiger partial charge in [0, 0.05) is 27.4 Å². The Bertz CT molecular complexity index is 410. The van der Waals surface area contributed by atoms with Gasteiger partial charge in [0.05, 0.1) is 0 Å². The van der Waals surface area contributed by atoms with Gasteiger partial charge in [-0.1, -0.05) is 20.8 Å². The second kappa shape index (κ2) is 5.45. The molecular formula is C13H20N2OS. The minimum Gasteiger partial charge on any atom is -0.398 e. The number of nitrogen functional groups attached to an aromatic ring is 1. The van der Waals surface area contributed by atoms with Crippen molar-refractivity contribution in [3.05, 3.63) is 23.8 Å². The van der Waals surface area contributed by atoms with Crippen molar-refractivity contribution in [2.75, 3.05) is 12.3 Å². The number of amides is 1. The highest BCUT2D eigenvalue weighted by atomic mass is 32.2. The van der Waals surface area contributed by atoms with Gasteiger partial charge in [-0.25, -0.2) is 0 Å². The molecule has 0 aliphatic carbocycles. The van der Waals surface area contributed by atoms with Crippen molar-refractivity contribution < 1.29 is 4.79 Å². The van der Waals surface area contributed by atoms with Crippen molar-refractivity contribution in [1.82, 2.24) is 5.32 Å². The highest BCUT2D eigenvalue weighted by Crippen LogP contribution is 2.35. The molecule has 0 spiro atoms. The van der Waals surface area contributed by atoms with E-state index >= 15 is 0 Å². The van der Waals surface area contributed by atoms with E-state index in [4.69, 9.17) is 5.73 Å². The van der Waals surface area contributed by atoms with E-state index in [1.807, 2.05) is 19.1 Å². The average molecular weight is 252 g/mol. The molecule has 1 aromatic rings. The lowest BCUT2D eigenvalue weighted by atomic mass is 10.2. The first-order valence-electron chi connectivity index (χ1n) is 5.70. The van der Waals surface area contributed by atoms with Gasteiger partial charge in [-0.2, -0.15) is 0 Å². The molecule has 0 fully saturated rings. The van der Waals surface area contributed by atoms with Crippen LogP contribution in [-0.4, -0.2) is 17.2 Å². The standard InChI is InChI=1S/C13H20N2OS/c1-5-15-12(16)9-6-7-11(10(14)8-9)17-13(2,3)4/h6-8H,5,14H2,1-4H3,(H,15,16). The molecule has 3 N–H and O–H groups in total. The summed E-state index contributed by atoms with van der Waals surface area (Å²) in [6.45, 7) is 8.92. The van der Waals surface area contributed by atoms with E-state index < -0.39 is 0 Å². The number of benzene rings is 1. The number of carbonyl (C=O) groups is 1. The van der Waals surface area contributed by atoms with Crippen LogP contribution in [-0.2, 0) is 0 Å². The molecule has 0 bridgehead atoms. The number of anilines is 1. The summed E-state index contributed by atoms with van der Waals surface area (Å²) in [4.78, 5) is 12.6. The Hall–Kier alpha value is -1.16. The predicted octanol–water partition coefficient (Wildman–Crippen LogP) is 2.91. The number of rotatable bonds is 3. The van der Waals surface area contributed by atoms with E-state index in [1.54, 1.807) is 17.8 Å². The predicted molar refractivity (Wildman–Crippen MR) is 74.5 cm³/mol. The second-order valence-corrected chi connectivity index (χ2v) is 6.70. The molecule has 0 aliphatic rings. The molecule has 1 rings (SSSR count). The summed E-state index contributed by atoms with van der Waals surface area (Å²) >= 11 is 1.70. The maximum absolute atomic E-state index is 11.6. The van der Waals surface area contributed by atoms with Crippen LogP contribution in [0.3, 0.4) is 0 Å². The van der Waals surface area contributed by atoms with Gasteiger partial charge in [-0.3, -0.25) is 4.79 Å². The van der Waals surface area contributed by atoms with Gasteiger partial charge in [0.2, 0.25) is 0 Å². The summed E-state index contributed by atoms with van der Waals surface area (Å²) in [6, 6.07) is 5.46. The topological polar surface area (TPSA) is 55.1 Å². The molecular weight excluding hydrogens is 232 g/mol. The fourth-order valence-electron chi connectivity index (χ4n) is 1.38. The smallest absolute Gasteiger partial charge is 0.251 e. The summed E-state index contributed by atoms with van der Waals surface area (Å²) in [5, 5.41) is 2.76. The fourth-order valence-corrected chi connectivity index (χ4v) is 2.35. The molecule has 0 unspecified atom stereocenters. The first-order chi connectivity index (χ1) is 7.83. The van der Waals surface area contributed by atoms with Gasteiger partial charge in [-0.15, -0.1) is 11.8 Å². The molecule has 1 amide bonds. The third-order valence-electron chi connectivity index (χ3n) is 2.03. The Balaban J connectivity index is 2.90. The highest BCUT2D eigenvalue weighted by molar-refractivity contribution is 8.00. The van der Waals surface area contributed by atoms with Crippen molar-refractivity contribution in [1.29, 1.82) is 0 Å². The van der Waals surface area contributed by atoms with Crippen LogP contribution < -0.4 is 11.1 Å². The van der Waals surface area contributed by atoms with Crippen LogP contribution in [0, 0.1) is 0 Å². The summed E-state index contributed by atoms with van der Waals surface area (Å²) < 4.78 is 0.112. The zero-order chi connectivity index (χ0) is 13.1. The van der Waals surface area contributed by atoms with Crippen LogP contribution in [0.4, 0.5) is 5.69 Å². The number of thioether (sulfide) groups is 1. The molecule has 94 valence electrons. The van der Waals surface area contributed by atoms with E-state index in [0.717, 1.165) is 4.90 Å². The first-order valence-corrected chi connectivity index (χ1v) is 6.52. The lowest BCUT2D eigenvalue weighted by molar-refractivity contribution is 0.0956. The zero-order valence-electron chi connectivity index (χ0n) is 10.8. The highest BCUT2D eigenvalue weighted by Gasteiger charge is 2.15. The second-order valence-electron chi connectivity index (χ2n) is 4.83. The van der Waals surface area contributed by atoms with E-state index in [1.165, 1.54) is 0 Å². The van der Waals surface area contributed by atoms with Gasteiger partial charge < -0.3 is 11.1 Å². The van der Waals surface area contributed by atoms with Crippen LogP contribution in [0.15, 0.2) is 23.1 Å². The van der Waals surface area contributed by atoms with Crippen molar-refractivity contribution >= 4 is 23.4 Å². The SMILES string of the molecule is CCNC(=O)c1ccc(SC(C)(C)C)c(N)c1. The van der Waals surface area contributed by atoms with E-state index in [2.05, 4.69) is 26.1 Å². The quantitative estimate of drug-likeness (QED) is 0.642. The van der Waals surface area contributed by atoms with Crippen LogP contribution in [0.1, 0.15) is 38.1 Å². The van der Waals surface area contributed by atoms with Crippen molar-refractivity contribution in [3.63, 3.8) is 0 Å². The average Bonchev–Trinajstić information content (AvgIpc) is 2.19. The lowest BCUT2D eigenvalue weighted by Gasteiger charge is -2.19. The third kappa shape index (κ3) is 4.30. The van der Waals surface area contributed by atoms with Crippen LogP contribution in [0.2, 0.25) is 0 Å². The third-order valence-corrected chi connectivity index (χ3v) is 3.23. The van der Waals surface area contributed by atoms with E-state index in [9.17, 15) is 4.79 Å². The Morgan fingerprint density at radius 2 is 2.06 bits per heavy atom. The van der Waals surface area contributed by atoms with Gasteiger partial charge in [0.25, 0.3) is 5.91 Å². The summed E-state index contributed by atoms with van der Waals surface area (Å²) in [7, 11) is 0. The Morgan fingerprint density at radius 1 is 1.41 bits per heavy atom. The summed E-state index contributed by atoms with van der Waals surface area (Å²) in [5.74, 6) is -0.0773. The number of nitrogens with one attached hydrogen (secondary N) is 1. The number of carbonyl (C=O) groups excluding carboxylic acids is 1. The molecule has 17 heavy (non-hydrogen) atoms.